The lowest BCUT2D eigenvalue weighted by molar-refractivity contribution is 0.102. The van der Waals surface area contributed by atoms with Crippen LogP contribution in [-0.4, -0.2) is 21.1 Å². The Morgan fingerprint density at radius 2 is 2.05 bits per heavy atom. The summed E-state index contributed by atoms with van der Waals surface area (Å²) in [6.45, 7) is 2.10. The molecule has 2 N–H and O–H groups in total. The Labute approximate surface area is 128 Å². The van der Waals surface area contributed by atoms with Crippen LogP contribution in [0.25, 0.3) is 11.3 Å². The van der Waals surface area contributed by atoms with E-state index in [9.17, 15) is 4.79 Å². The predicted octanol–water partition coefficient (Wildman–Crippen LogP) is 3.29. The first-order chi connectivity index (χ1) is 10.8. The molecule has 22 heavy (non-hydrogen) atoms. The SMILES string of the molecule is CCc1ccc(NC(=O)c2cc(-c3cccnc3)n[nH]2)cc1. The minimum Gasteiger partial charge on any atom is -0.321 e. The van der Waals surface area contributed by atoms with Crippen LogP contribution in [0.3, 0.4) is 0 Å². The number of pyridine rings is 1. The van der Waals surface area contributed by atoms with E-state index in [1.54, 1.807) is 18.5 Å². The zero-order chi connectivity index (χ0) is 15.4. The molecule has 0 aliphatic rings. The summed E-state index contributed by atoms with van der Waals surface area (Å²) in [6, 6.07) is 13.2. The van der Waals surface area contributed by atoms with Gasteiger partial charge >= 0.3 is 0 Å². The fourth-order valence-corrected chi connectivity index (χ4v) is 2.12. The van der Waals surface area contributed by atoms with E-state index in [1.807, 2.05) is 36.4 Å². The van der Waals surface area contributed by atoms with E-state index >= 15 is 0 Å². The van der Waals surface area contributed by atoms with Crippen molar-refractivity contribution < 1.29 is 4.79 Å². The van der Waals surface area contributed by atoms with Gasteiger partial charge in [-0.3, -0.25) is 14.9 Å². The number of nitrogens with one attached hydrogen (secondary N) is 2. The summed E-state index contributed by atoms with van der Waals surface area (Å²) >= 11 is 0. The first kappa shape index (κ1) is 14.0. The second kappa shape index (κ2) is 6.22. The molecule has 1 amide bonds. The lowest BCUT2D eigenvalue weighted by atomic mass is 10.1. The third-order valence-electron chi connectivity index (χ3n) is 3.40. The zero-order valence-electron chi connectivity index (χ0n) is 12.2. The van der Waals surface area contributed by atoms with Crippen molar-refractivity contribution in [3.8, 4) is 11.3 Å². The van der Waals surface area contributed by atoms with Crippen molar-refractivity contribution in [2.24, 2.45) is 0 Å². The number of aromatic nitrogens is 3. The number of nitrogens with zero attached hydrogens (tertiary/aromatic N) is 2. The Hall–Kier alpha value is -2.95. The number of benzene rings is 1. The van der Waals surface area contributed by atoms with Gasteiger partial charge in [-0.15, -0.1) is 0 Å². The van der Waals surface area contributed by atoms with Gasteiger partial charge in [-0.25, -0.2) is 0 Å². The van der Waals surface area contributed by atoms with Crippen molar-refractivity contribution in [3.63, 3.8) is 0 Å². The van der Waals surface area contributed by atoms with Crippen LogP contribution in [0, 0.1) is 0 Å². The van der Waals surface area contributed by atoms with Gasteiger partial charge in [0.25, 0.3) is 5.91 Å². The number of hydrogen-bond donors (Lipinski definition) is 2. The highest BCUT2D eigenvalue weighted by atomic mass is 16.1. The maximum Gasteiger partial charge on any atom is 0.273 e. The Morgan fingerprint density at radius 3 is 2.73 bits per heavy atom. The summed E-state index contributed by atoms with van der Waals surface area (Å²) in [5, 5.41) is 9.76. The highest BCUT2D eigenvalue weighted by Gasteiger charge is 2.11. The van der Waals surface area contributed by atoms with Crippen LogP contribution in [0.5, 0.6) is 0 Å². The van der Waals surface area contributed by atoms with Gasteiger partial charge in [0, 0.05) is 23.6 Å². The van der Waals surface area contributed by atoms with Gasteiger partial charge in [-0.1, -0.05) is 19.1 Å². The summed E-state index contributed by atoms with van der Waals surface area (Å²) in [7, 11) is 0. The minimum absolute atomic E-state index is 0.216. The van der Waals surface area contributed by atoms with Gasteiger partial charge in [0.2, 0.25) is 0 Å². The monoisotopic (exact) mass is 292 g/mol. The van der Waals surface area contributed by atoms with Gasteiger partial charge < -0.3 is 5.32 Å². The standard InChI is InChI=1S/C17H16N4O/c1-2-12-5-7-14(8-6-12)19-17(22)16-10-15(20-21-16)13-4-3-9-18-11-13/h3-11H,2H2,1H3,(H,19,22)(H,20,21). The van der Waals surface area contributed by atoms with E-state index in [-0.39, 0.29) is 5.91 Å². The number of carbonyl (C=O) groups excluding carboxylic acids is 1. The predicted molar refractivity (Wildman–Crippen MR) is 85.6 cm³/mol. The molecule has 5 heteroatoms. The molecule has 0 radical (unpaired) electrons. The normalized spacial score (nSPS) is 10.4. The molecule has 0 fully saturated rings. The second-order valence-corrected chi connectivity index (χ2v) is 4.91. The number of hydrogen-bond acceptors (Lipinski definition) is 3. The summed E-state index contributed by atoms with van der Waals surface area (Å²) in [4.78, 5) is 16.3. The van der Waals surface area contributed by atoms with Crippen molar-refractivity contribution in [2.45, 2.75) is 13.3 Å². The van der Waals surface area contributed by atoms with Crippen LogP contribution in [0.2, 0.25) is 0 Å². The van der Waals surface area contributed by atoms with Crippen LogP contribution >= 0.6 is 0 Å². The van der Waals surface area contributed by atoms with Crippen LogP contribution < -0.4 is 5.32 Å². The lowest BCUT2D eigenvalue weighted by Crippen LogP contribution is -2.12. The lowest BCUT2D eigenvalue weighted by Gasteiger charge is -2.04. The third kappa shape index (κ3) is 3.03. The second-order valence-electron chi connectivity index (χ2n) is 4.91. The molecule has 0 saturated carbocycles. The Morgan fingerprint density at radius 1 is 1.23 bits per heavy atom. The van der Waals surface area contributed by atoms with E-state index in [0.717, 1.165) is 17.7 Å². The number of aryl methyl sites for hydroxylation is 1. The van der Waals surface area contributed by atoms with E-state index in [1.165, 1.54) is 5.56 Å². The van der Waals surface area contributed by atoms with Gasteiger partial charge in [0.15, 0.2) is 0 Å². The molecule has 1 aromatic carbocycles. The maximum absolute atomic E-state index is 12.2. The van der Waals surface area contributed by atoms with Crippen LogP contribution in [-0.2, 0) is 6.42 Å². The highest BCUT2D eigenvalue weighted by molar-refractivity contribution is 6.03. The first-order valence-corrected chi connectivity index (χ1v) is 7.12. The Balaban J connectivity index is 1.74. The largest absolute Gasteiger partial charge is 0.321 e. The van der Waals surface area contributed by atoms with E-state index in [4.69, 9.17) is 0 Å². The van der Waals surface area contributed by atoms with Crippen molar-refractivity contribution >= 4 is 11.6 Å². The molecule has 3 aromatic rings. The van der Waals surface area contributed by atoms with Crippen LogP contribution in [0.4, 0.5) is 5.69 Å². The van der Waals surface area contributed by atoms with Crippen molar-refractivity contribution in [1.29, 1.82) is 0 Å². The molecule has 110 valence electrons. The maximum atomic E-state index is 12.2. The Kier molecular flexibility index (Phi) is 3.96. The van der Waals surface area contributed by atoms with Crippen molar-refractivity contribution in [2.75, 3.05) is 5.32 Å². The molecule has 5 nitrogen and oxygen atoms in total. The molecule has 0 saturated heterocycles. The number of aromatic amines is 1. The fraction of sp³-hybridized carbons (Fsp3) is 0.118. The quantitative estimate of drug-likeness (QED) is 0.775. The van der Waals surface area contributed by atoms with Gasteiger partial charge in [0.05, 0.1) is 5.69 Å². The van der Waals surface area contributed by atoms with Crippen molar-refractivity contribution in [3.05, 3.63) is 66.1 Å². The molecule has 0 unspecified atom stereocenters. The smallest absolute Gasteiger partial charge is 0.273 e. The summed E-state index contributed by atoms with van der Waals surface area (Å²) < 4.78 is 0. The molecular weight excluding hydrogens is 276 g/mol. The summed E-state index contributed by atoms with van der Waals surface area (Å²) in [5.74, 6) is -0.216. The average Bonchev–Trinajstić information content (AvgIpc) is 3.06. The molecule has 0 aliphatic heterocycles. The van der Waals surface area contributed by atoms with Gasteiger partial charge in [0.1, 0.15) is 5.69 Å². The molecular formula is C17H16N4O. The molecule has 3 rings (SSSR count). The number of carbonyl (C=O) groups is 1. The van der Waals surface area contributed by atoms with E-state index in [2.05, 4.69) is 27.4 Å². The first-order valence-electron chi connectivity index (χ1n) is 7.12. The minimum atomic E-state index is -0.216. The highest BCUT2D eigenvalue weighted by Crippen LogP contribution is 2.17. The Bertz CT molecular complexity index is 763. The molecule has 2 heterocycles. The molecule has 0 aliphatic carbocycles. The fourth-order valence-electron chi connectivity index (χ4n) is 2.12. The van der Waals surface area contributed by atoms with Crippen LogP contribution in [0.15, 0.2) is 54.9 Å². The summed E-state index contributed by atoms with van der Waals surface area (Å²) in [5.41, 5.74) is 3.97. The zero-order valence-corrected chi connectivity index (χ0v) is 12.2. The molecule has 0 atom stereocenters. The number of anilines is 1. The summed E-state index contributed by atoms with van der Waals surface area (Å²) in [6.07, 6.45) is 4.38. The molecule has 2 aromatic heterocycles. The topological polar surface area (TPSA) is 70.7 Å². The van der Waals surface area contributed by atoms with Crippen LogP contribution in [0.1, 0.15) is 23.0 Å². The molecule has 0 spiro atoms. The average molecular weight is 292 g/mol. The number of H-pyrrole nitrogens is 1. The van der Waals surface area contributed by atoms with Crippen molar-refractivity contribution in [1.82, 2.24) is 15.2 Å². The number of rotatable bonds is 4. The third-order valence-corrected chi connectivity index (χ3v) is 3.40. The molecule has 0 bridgehead atoms. The number of amides is 1. The van der Waals surface area contributed by atoms with Gasteiger partial charge in [-0.05, 0) is 42.3 Å². The van der Waals surface area contributed by atoms with Gasteiger partial charge in [-0.2, -0.15) is 5.10 Å². The van der Waals surface area contributed by atoms with E-state index in [0.29, 0.717) is 11.4 Å². The van der Waals surface area contributed by atoms with E-state index < -0.39 is 0 Å².